The summed E-state index contributed by atoms with van der Waals surface area (Å²) >= 11 is 1.76. The van der Waals surface area contributed by atoms with Crippen LogP contribution < -0.4 is 4.74 Å². The molecule has 5 nitrogen and oxygen atoms in total. The number of benzene rings is 1. The quantitative estimate of drug-likeness (QED) is 0.474. The van der Waals surface area contributed by atoms with Crippen molar-refractivity contribution in [2.75, 3.05) is 32.8 Å². The molecule has 1 aliphatic heterocycles. The van der Waals surface area contributed by atoms with Crippen LogP contribution in [0.4, 0.5) is 0 Å². The van der Waals surface area contributed by atoms with Crippen molar-refractivity contribution in [1.82, 2.24) is 9.80 Å². The Morgan fingerprint density at radius 1 is 1.38 bits per heavy atom. The number of carbonyl (C=O) groups excluding carboxylic acids is 1. The lowest BCUT2D eigenvalue weighted by Gasteiger charge is -2.37. The van der Waals surface area contributed by atoms with Gasteiger partial charge in [-0.3, -0.25) is 9.69 Å². The standard InChI is InChI=1S/C26H36N2O3S/c1-4-6-7-21(29)17-27(14-5-2)18-26(30)28-15-12-25-23(13-16-32-25)24(28)19-31-22-10-8-20(3)9-11-22/h4,8-11,13,16,21,24,29H,1,5-7,12,14-15,17-19H2,2-3H3/t21-,24+/m0/s1. The highest BCUT2D eigenvalue weighted by Crippen LogP contribution is 2.34. The third-order valence-electron chi connectivity index (χ3n) is 5.92. The number of nitrogens with zero attached hydrogens (tertiary/aromatic N) is 2. The molecule has 1 N–H and O–H groups in total. The molecule has 0 saturated carbocycles. The maximum Gasteiger partial charge on any atom is 0.237 e. The first-order valence-corrected chi connectivity index (χ1v) is 12.5. The van der Waals surface area contributed by atoms with E-state index in [1.807, 2.05) is 35.2 Å². The lowest BCUT2D eigenvalue weighted by molar-refractivity contribution is -0.136. The first-order valence-electron chi connectivity index (χ1n) is 11.6. The largest absolute Gasteiger partial charge is 0.491 e. The lowest BCUT2D eigenvalue weighted by Crippen LogP contribution is -2.47. The Labute approximate surface area is 196 Å². The minimum Gasteiger partial charge on any atom is -0.491 e. The summed E-state index contributed by atoms with van der Waals surface area (Å²) in [6.07, 6.45) is 4.65. The summed E-state index contributed by atoms with van der Waals surface area (Å²) in [5.74, 6) is 0.923. The summed E-state index contributed by atoms with van der Waals surface area (Å²) in [7, 11) is 0. The zero-order valence-corrected chi connectivity index (χ0v) is 20.2. The predicted molar refractivity (Wildman–Crippen MR) is 131 cm³/mol. The van der Waals surface area contributed by atoms with Crippen LogP contribution in [-0.4, -0.2) is 59.7 Å². The van der Waals surface area contributed by atoms with Crippen molar-refractivity contribution >= 4 is 17.2 Å². The Hall–Kier alpha value is -2.15. The SMILES string of the molecule is C=CCC[C@H](O)CN(CCC)CC(=O)N1CCc2sccc2[C@H]1COc1ccc(C)cc1. The Bertz CT molecular complexity index is 864. The summed E-state index contributed by atoms with van der Waals surface area (Å²) in [4.78, 5) is 18.8. The van der Waals surface area contributed by atoms with Crippen LogP contribution in [0.15, 0.2) is 48.4 Å². The summed E-state index contributed by atoms with van der Waals surface area (Å²) in [5.41, 5.74) is 2.40. The molecule has 6 heteroatoms. The minimum absolute atomic E-state index is 0.0898. The summed E-state index contributed by atoms with van der Waals surface area (Å²) in [6.45, 7) is 10.6. The molecule has 2 aromatic rings. The molecular formula is C26H36N2O3S. The second kappa shape index (κ2) is 12.2. The average molecular weight is 457 g/mol. The van der Waals surface area contributed by atoms with Crippen molar-refractivity contribution in [1.29, 1.82) is 0 Å². The van der Waals surface area contributed by atoms with E-state index in [0.717, 1.165) is 31.6 Å². The normalized spacial score (nSPS) is 16.6. The van der Waals surface area contributed by atoms with Gasteiger partial charge in [-0.15, -0.1) is 17.9 Å². The third-order valence-corrected chi connectivity index (χ3v) is 6.91. The molecule has 32 heavy (non-hydrogen) atoms. The molecule has 1 aromatic heterocycles. The molecule has 3 rings (SSSR count). The second-order valence-electron chi connectivity index (χ2n) is 8.53. The number of aliphatic hydroxyl groups is 1. The molecule has 0 aliphatic carbocycles. The van der Waals surface area contributed by atoms with Gasteiger partial charge in [0.1, 0.15) is 12.4 Å². The van der Waals surface area contributed by atoms with E-state index in [9.17, 15) is 9.90 Å². The first kappa shape index (κ1) is 24.5. The van der Waals surface area contributed by atoms with Crippen molar-refractivity contribution in [2.24, 2.45) is 0 Å². The topological polar surface area (TPSA) is 53.0 Å². The average Bonchev–Trinajstić information content (AvgIpc) is 3.26. The molecule has 0 fully saturated rings. The molecule has 2 heterocycles. The van der Waals surface area contributed by atoms with Gasteiger partial charge in [0, 0.05) is 18.0 Å². The number of thiophene rings is 1. The van der Waals surface area contributed by atoms with Gasteiger partial charge in [0.15, 0.2) is 0 Å². The maximum atomic E-state index is 13.4. The zero-order valence-electron chi connectivity index (χ0n) is 19.3. The van der Waals surface area contributed by atoms with Crippen LogP contribution in [0, 0.1) is 6.92 Å². The molecule has 1 aromatic carbocycles. The van der Waals surface area contributed by atoms with Crippen molar-refractivity contribution in [2.45, 2.75) is 51.7 Å². The number of rotatable bonds is 12. The summed E-state index contributed by atoms with van der Waals surface area (Å²) in [5, 5.41) is 12.5. The van der Waals surface area contributed by atoms with E-state index in [4.69, 9.17) is 4.74 Å². The molecule has 0 saturated heterocycles. The van der Waals surface area contributed by atoms with Crippen molar-refractivity contribution in [3.8, 4) is 5.75 Å². The molecule has 0 bridgehead atoms. The van der Waals surface area contributed by atoms with Gasteiger partial charge in [0.05, 0.1) is 18.7 Å². The Morgan fingerprint density at radius 2 is 2.16 bits per heavy atom. The highest BCUT2D eigenvalue weighted by Gasteiger charge is 2.33. The van der Waals surface area contributed by atoms with E-state index in [1.165, 1.54) is 16.0 Å². The van der Waals surface area contributed by atoms with E-state index in [0.29, 0.717) is 32.7 Å². The highest BCUT2D eigenvalue weighted by molar-refractivity contribution is 7.10. The van der Waals surface area contributed by atoms with Crippen LogP contribution in [0.2, 0.25) is 0 Å². The number of hydrogen-bond acceptors (Lipinski definition) is 5. The predicted octanol–water partition coefficient (Wildman–Crippen LogP) is 4.60. The van der Waals surface area contributed by atoms with E-state index >= 15 is 0 Å². The van der Waals surface area contributed by atoms with Crippen molar-refractivity contribution in [3.63, 3.8) is 0 Å². The minimum atomic E-state index is -0.446. The van der Waals surface area contributed by atoms with Crippen LogP contribution in [0.5, 0.6) is 5.75 Å². The number of ether oxygens (including phenoxy) is 1. The number of carbonyl (C=O) groups is 1. The maximum absolute atomic E-state index is 13.4. The van der Waals surface area contributed by atoms with E-state index < -0.39 is 6.10 Å². The van der Waals surface area contributed by atoms with Gasteiger partial charge >= 0.3 is 0 Å². The number of fused-ring (bicyclic) bond motifs is 1. The molecule has 2 atom stereocenters. The molecule has 1 amide bonds. The zero-order chi connectivity index (χ0) is 22.9. The van der Waals surface area contributed by atoms with Crippen LogP contribution in [0.3, 0.4) is 0 Å². The van der Waals surface area contributed by atoms with Gasteiger partial charge in [-0.25, -0.2) is 0 Å². The molecule has 0 radical (unpaired) electrons. The molecule has 174 valence electrons. The highest BCUT2D eigenvalue weighted by atomic mass is 32.1. The van der Waals surface area contributed by atoms with Crippen LogP contribution >= 0.6 is 11.3 Å². The van der Waals surface area contributed by atoms with Gasteiger partial charge in [0.2, 0.25) is 5.91 Å². The fraction of sp³-hybridized carbons (Fsp3) is 0.500. The summed E-state index contributed by atoms with van der Waals surface area (Å²) < 4.78 is 6.12. The molecule has 0 unspecified atom stereocenters. The number of hydrogen-bond donors (Lipinski definition) is 1. The molecular weight excluding hydrogens is 420 g/mol. The third kappa shape index (κ3) is 6.67. The second-order valence-corrected chi connectivity index (χ2v) is 9.53. The van der Waals surface area contributed by atoms with Gasteiger partial charge in [0.25, 0.3) is 0 Å². The van der Waals surface area contributed by atoms with E-state index in [1.54, 1.807) is 11.3 Å². The number of amides is 1. The van der Waals surface area contributed by atoms with Gasteiger partial charge < -0.3 is 14.7 Å². The van der Waals surface area contributed by atoms with Crippen LogP contribution in [0.1, 0.15) is 48.2 Å². The molecule has 0 spiro atoms. The number of aliphatic hydroxyl groups excluding tert-OH is 1. The Morgan fingerprint density at radius 3 is 2.88 bits per heavy atom. The first-order chi connectivity index (χ1) is 15.5. The van der Waals surface area contributed by atoms with Crippen molar-refractivity contribution < 1.29 is 14.6 Å². The van der Waals surface area contributed by atoms with E-state index in [2.05, 4.69) is 36.8 Å². The number of allylic oxidation sites excluding steroid dienone is 1. The summed E-state index contributed by atoms with van der Waals surface area (Å²) in [6, 6.07) is 10.1. The monoisotopic (exact) mass is 456 g/mol. The van der Waals surface area contributed by atoms with Crippen LogP contribution in [0.25, 0.3) is 0 Å². The number of aryl methyl sites for hydroxylation is 1. The smallest absolute Gasteiger partial charge is 0.237 e. The van der Waals surface area contributed by atoms with Gasteiger partial charge in [-0.05, 0) is 68.3 Å². The Balaban J connectivity index is 1.69. The Kier molecular flexibility index (Phi) is 9.33. The van der Waals surface area contributed by atoms with Gasteiger partial charge in [-0.2, -0.15) is 0 Å². The van der Waals surface area contributed by atoms with Gasteiger partial charge in [-0.1, -0.05) is 30.7 Å². The van der Waals surface area contributed by atoms with Crippen LogP contribution in [-0.2, 0) is 11.2 Å². The lowest BCUT2D eigenvalue weighted by atomic mass is 10.0. The fourth-order valence-corrected chi connectivity index (χ4v) is 5.15. The molecule has 1 aliphatic rings. The van der Waals surface area contributed by atoms with Crippen molar-refractivity contribution in [3.05, 3.63) is 64.4 Å². The van der Waals surface area contributed by atoms with E-state index in [-0.39, 0.29) is 11.9 Å². The fourth-order valence-electron chi connectivity index (χ4n) is 4.22.